The number of ether oxygens (including phenoxy) is 1. The Morgan fingerprint density at radius 2 is 2.12 bits per heavy atom. The second-order valence-electron chi connectivity index (χ2n) is 6.85. The summed E-state index contributed by atoms with van der Waals surface area (Å²) in [4.78, 5) is 22.7. The standard InChI is InChI=1S/C16H22N6O2/c1-16(2,3)12-8-10(20-21-12)15(23)22-6-7-24-11(9-22)13-14(17)19-5-4-18-13/h4-5,8,11H,6-7,9H2,1-3H3,(H2,17,19)(H,20,21). The lowest BCUT2D eigenvalue weighted by Crippen LogP contribution is -2.42. The van der Waals surface area contributed by atoms with Crippen LogP contribution in [0.4, 0.5) is 5.82 Å². The van der Waals surface area contributed by atoms with Gasteiger partial charge in [0.2, 0.25) is 0 Å². The number of nitrogens with two attached hydrogens (primary N) is 1. The molecule has 1 saturated heterocycles. The van der Waals surface area contributed by atoms with Crippen molar-refractivity contribution in [2.45, 2.75) is 32.3 Å². The molecule has 3 rings (SSSR count). The molecule has 0 saturated carbocycles. The third kappa shape index (κ3) is 3.23. The van der Waals surface area contributed by atoms with Gasteiger partial charge in [-0.15, -0.1) is 0 Å². The van der Waals surface area contributed by atoms with Gasteiger partial charge in [-0.1, -0.05) is 20.8 Å². The first-order chi connectivity index (χ1) is 11.4. The predicted molar refractivity (Wildman–Crippen MR) is 88.3 cm³/mol. The summed E-state index contributed by atoms with van der Waals surface area (Å²) in [6.07, 6.45) is 2.72. The summed E-state index contributed by atoms with van der Waals surface area (Å²) in [5.74, 6) is 0.198. The zero-order valence-corrected chi connectivity index (χ0v) is 14.1. The van der Waals surface area contributed by atoms with E-state index in [2.05, 4.69) is 40.9 Å². The molecule has 1 fully saturated rings. The Morgan fingerprint density at radius 1 is 1.38 bits per heavy atom. The van der Waals surface area contributed by atoms with Crippen molar-refractivity contribution < 1.29 is 9.53 Å². The van der Waals surface area contributed by atoms with Crippen molar-refractivity contribution in [1.29, 1.82) is 0 Å². The maximum absolute atomic E-state index is 12.7. The minimum Gasteiger partial charge on any atom is -0.382 e. The van der Waals surface area contributed by atoms with Crippen molar-refractivity contribution in [2.24, 2.45) is 0 Å². The third-order valence-electron chi connectivity index (χ3n) is 4.02. The molecule has 1 aliphatic rings. The zero-order valence-electron chi connectivity index (χ0n) is 14.1. The molecule has 8 heteroatoms. The van der Waals surface area contributed by atoms with Crippen molar-refractivity contribution in [3.8, 4) is 0 Å². The average Bonchev–Trinajstić information content (AvgIpc) is 3.05. The highest BCUT2D eigenvalue weighted by atomic mass is 16.5. The predicted octanol–water partition coefficient (Wildman–Crippen LogP) is 1.29. The van der Waals surface area contributed by atoms with Crippen LogP contribution in [0.15, 0.2) is 18.5 Å². The van der Waals surface area contributed by atoms with Crippen molar-refractivity contribution >= 4 is 11.7 Å². The van der Waals surface area contributed by atoms with Crippen LogP contribution in [0.5, 0.6) is 0 Å². The van der Waals surface area contributed by atoms with Crippen molar-refractivity contribution in [3.05, 3.63) is 35.5 Å². The first kappa shape index (κ1) is 16.4. The highest BCUT2D eigenvalue weighted by Crippen LogP contribution is 2.25. The molecule has 0 bridgehead atoms. The van der Waals surface area contributed by atoms with Crippen molar-refractivity contribution in [3.63, 3.8) is 0 Å². The smallest absolute Gasteiger partial charge is 0.274 e. The van der Waals surface area contributed by atoms with Gasteiger partial charge in [0.1, 0.15) is 23.3 Å². The van der Waals surface area contributed by atoms with Gasteiger partial charge in [-0.25, -0.2) is 4.98 Å². The highest BCUT2D eigenvalue weighted by molar-refractivity contribution is 5.92. The SMILES string of the molecule is CC(C)(C)c1cc(C(=O)N2CCOC(c3nccnc3N)C2)n[nH]1. The molecular formula is C16H22N6O2. The van der Waals surface area contributed by atoms with Gasteiger partial charge in [0.15, 0.2) is 0 Å². The largest absolute Gasteiger partial charge is 0.382 e. The fraction of sp³-hybridized carbons (Fsp3) is 0.500. The van der Waals surface area contributed by atoms with Crippen LogP contribution in [0.2, 0.25) is 0 Å². The molecular weight excluding hydrogens is 308 g/mol. The molecule has 0 spiro atoms. The number of nitrogen functional groups attached to an aromatic ring is 1. The fourth-order valence-corrected chi connectivity index (χ4v) is 2.58. The van der Waals surface area contributed by atoms with E-state index in [-0.39, 0.29) is 17.4 Å². The summed E-state index contributed by atoms with van der Waals surface area (Å²) in [6.45, 7) is 7.50. The number of nitrogens with one attached hydrogen (secondary N) is 1. The van der Waals surface area contributed by atoms with Crippen LogP contribution >= 0.6 is 0 Å². The molecule has 2 aromatic heterocycles. The molecule has 2 aromatic rings. The second kappa shape index (κ2) is 6.20. The molecule has 24 heavy (non-hydrogen) atoms. The Hall–Kier alpha value is -2.48. The Labute approximate surface area is 140 Å². The highest BCUT2D eigenvalue weighted by Gasteiger charge is 2.30. The number of nitrogens with zero attached hydrogens (tertiary/aromatic N) is 4. The number of carbonyl (C=O) groups is 1. The normalized spacial score (nSPS) is 18.6. The first-order valence-electron chi connectivity index (χ1n) is 7.89. The van der Waals surface area contributed by atoms with Gasteiger partial charge in [0.05, 0.1) is 13.2 Å². The number of rotatable bonds is 2. The van der Waals surface area contributed by atoms with Gasteiger partial charge in [0.25, 0.3) is 5.91 Å². The van der Waals surface area contributed by atoms with Gasteiger partial charge in [-0.3, -0.25) is 14.9 Å². The van der Waals surface area contributed by atoms with E-state index in [1.54, 1.807) is 11.1 Å². The number of aromatic nitrogens is 4. The molecule has 3 N–H and O–H groups in total. The molecule has 1 atom stereocenters. The summed E-state index contributed by atoms with van der Waals surface area (Å²) >= 11 is 0. The van der Waals surface area contributed by atoms with Crippen LogP contribution < -0.4 is 5.73 Å². The first-order valence-corrected chi connectivity index (χ1v) is 7.89. The lowest BCUT2D eigenvalue weighted by molar-refractivity contribution is -0.0246. The maximum Gasteiger partial charge on any atom is 0.274 e. The van der Waals surface area contributed by atoms with Gasteiger partial charge in [-0.05, 0) is 6.07 Å². The van der Waals surface area contributed by atoms with Crippen LogP contribution in [0.1, 0.15) is 48.8 Å². The zero-order chi connectivity index (χ0) is 17.3. The number of morpholine rings is 1. The fourth-order valence-electron chi connectivity index (χ4n) is 2.58. The lowest BCUT2D eigenvalue weighted by atomic mass is 9.92. The van der Waals surface area contributed by atoms with E-state index in [1.165, 1.54) is 6.20 Å². The summed E-state index contributed by atoms with van der Waals surface area (Å²) < 4.78 is 5.72. The summed E-state index contributed by atoms with van der Waals surface area (Å²) in [5.41, 5.74) is 7.67. The van der Waals surface area contributed by atoms with Crippen LogP contribution in [-0.4, -0.2) is 50.7 Å². The Balaban J connectivity index is 1.76. The van der Waals surface area contributed by atoms with E-state index in [9.17, 15) is 4.79 Å². The van der Waals surface area contributed by atoms with Gasteiger partial charge >= 0.3 is 0 Å². The monoisotopic (exact) mass is 330 g/mol. The van der Waals surface area contributed by atoms with E-state index in [0.717, 1.165) is 5.69 Å². The van der Waals surface area contributed by atoms with Crippen molar-refractivity contribution in [1.82, 2.24) is 25.1 Å². The number of carbonyl (C=O) groups excluding carboxylic acids is 1. The third-order valence-corrected chi connectivity index (χ3v) is 4.02. The van der Waals surface area contributed by atoms with Crippen LogP contribution in [-0.2, 0) is 10.2 Å². The number of H-pyrrole nitrogens is 1. The van der Waals surface area contributed by atoms with Crippen molar-refractivity contribution in [2.75, 3.05) is 25.4 Å². The Bertz CT molecular complexity index is 736. The van der Waals surface area contributed by atoms with Gasteiger partial charge in [0, 0.05) is 30.0 Å². The molecule has 0 aliphatic carbocycles. The number of anilines is 1. The molecule has 0 radical (unpaired) electrons. The number of aromatic amines is 1. The van der Waals surface area contributed by atoms with Crippen LogP contribution in [0, 0.1) is 0 Å². The molecule has 0 aromatic carbocycles. The molecule has 8 nitrogen and oxygen atoms in total. The quantitative estimate of drug-likeness (QED) is 0.858. The Kier molecular flexibility index (Phi) is 4.23. The molecule has 1 aliphatic heterocycles. The van der Waals surface area contributed by atoms with E-state index >= 15 is 0 Å². The van der Waals surface area contributed by atoms with E-state index < -0.39 is 0 Å². The van der Waals surface area contributed by atoms with Crippen LogP contribution in [0.3, 0.4) is 0 Å². The number of hydrogen-bond acceptors (Lipinski definition) is 6. The number of hydrogen-bond donors (Lipinski definition) is 2. The van der Waals surface area contributed by atoms with E-state index in [0.29, 0.717) is 36.9 Å². The summed E-state index contributed by atoms with van der Waals surface area (Å²) in [5, 5.41) is 7.11. The molecule has 128 valence electrons. The lowest BCUT2D eigenvalue weighted by Gasteiger charge is -2.32. The number of amides is 1. The van der Waals surface area contributed by atoms with Gasteiger partial charge < -0.3 is 15.4 Å². The average molecular weight is 330 g/mol. The summed E-state index contributed by atoms with van der Waals surface area (Å²) in [7, 11) is 0. The topological polar surface area (TPSA) is 110 Å². The molecule has 1 amide bonds. The summed E-state index contributed by atoms with van der Waals surface area (Å²) in [6, 6.07) is 1.81. The molecule has 1 unspecified atom stereocenters. The van der Waals surface area contributed by atoms with E-state index in [1.807, 2.05) is 6.07 Å². The van der Waals surface area contributed by atoms with E-state index in [4.69, 9.17) is 10.5 Å². The minimum absolute atomic E-state index is 0.0901. The minimum atomic E-state index is -0.377. The second-order valence-corrected chi connectivity index (χ2v) is 6.85. The Morgan fingerprint density at radius 3 is 2.79 bits per heavy atom. The van der Waals surface area contributed by atoms with Crippen LogP contribution in [0.25, 0.3) is 0 Å². The maximum atomic E-state index is 12.7. The molecule has 3 heterocycles. The van der Waals surface area contributed by atoms with Gasteiger partial charge in [-0.2, -0.15) is 5.10 Å².